The van der Waals surface area contributed by atoms with Crippen LogP contribution >= 0.6 is 0 Å². The second-order valence-corrected chi connectivity index (χ2v) is 15.2. The number of ether oxygens (including phenoxy) is 1. The zero-order valence-corrected chi connectivity index (χ0v) is 21.2. The number of hydrogen-bond acceptors (Lipinski definition) is 4. The summed E-state index contributed by atoms with van der Waals surface area (Å²) >= 11 is 0. The first-order valence-corrected chi connectivity index (χ1v) is 12.7. The Morgan fingerprint density at radius 3 is 2.38 bits per heavy atom. The lowest BCUT2D eigenvalue weighted by atomic mass is 10.2. The Kier molecular flexibility index (Phi) is 6.21. The van der Waals surface area contributed by atoms with Gasteiger partial charge in [-0.05, 0) is 41.3 Å². The summed E-state index contributed by atoms with van der Waals surface area (Å²) in [5.41, 5.74) is 1.30. The average molecular weight is 457 g/mol. The molecule has 1 N–H and O–H groups in total. The Morgan fingerprint density at radius 2 is 1.81 bits per heavy atom. The number of amides is 1. The SMILES string of the molecule is CC(Oc1cnc2c(c1)cc([Si](F)(C(C)(C)C)C(C)(C)C)n2C)C(=O)Nc1cccnc1. The fourth-order valence-electron chi connectivity index (χ4n) is 4.43. The van der Waals surface area contributed by atoms with Crippen LogP contribution in [0.1, 0.15) is 48.5 Å². The van der Waals surface area contributed by atoms with Gasteiger partial charge in [0.15, 0.2) is 6.10 Å². The Labute approximate surface area is 190 Å². The zero-order valence-electron chi connectivity index (χ0n) is 20.2. The molecule has 1 amide bonds. The normalized spacial score (nSPS) is 13.8. The largest absolute Gasteiger partial charge is 0.479 e. The summed E-state index contributed by atoms with van der Waals surface area (Å²) in [5.74, 6) is 0.170. The van der Waals surface area contributed by atoms with Crippen molar-refractivity contribution >= 4 is 36.4 Å². The van der Waals surface area contributed by atoms with E-state index in [1.54, 1.807) is 37.6 Å². The molecule has 3 aromatic rings. The molecule has 3 rings (SSSR count). The number of aromatic nitrogens is 3. The molecule has 0 radical (unpaired) electrons. The van der Waals surface area contributed by atoms with Crippen LogP contribution in [0.5, 0.6) is 5.75 Å². The van der Waals surface area contributed by atoms with Crippen molar-refractivity contribution in [3.63, 3.8) is 0 Å². The van der Waals surface area contributed by atoms with Crippen LogP contribution in [-0.4, -0.2) is 35.0 Å². The van der Waals surface area contributed by atoms with Crippen molar-refractivity contribution in [3.8, 4) is 5.75 Å². The first-order valence-electron chi connectivity index (χ1n) is 10.8. The van der Waals surface area contributed by atoms with Crippen molar-refractivity contribution in [1.29, 1.82) is 0 Å². The Morgan fingerprint density at radius 1 is 1.16 bits per heavy atom. The van der Waals surface area contributed by atoms with Crippen molar-refractivity contribution < 1.29 is 13.6 Å². The lowest BCUT2D eigenvalue weighted by molar-refractivity contribution is -0.122. The van der Waals surface area contributed by atoms with E-state index in [4.69, 9.17) is 4.74 Å². The topological polar surface area (TPSA) is 69.0 Å². The average Bonchev–Trinajstić information content (AvgIpc) is 3.02. The van der Waals surface area contributed by atoms with Gasteiger partial charge in [0, 0.05) is 23.9 Å². The minimum absolute atomic E-state index is 0.289. The Balaban J connectivity index is 1.91. The number of hydrogen-bond donors (Lipinski definition) is 1. The number of nitrogens with one attached hydrogen (secondary N) is 1. The van der Waals surface area contributed by atoms with Gasteiger partial charge in [0.25, 0.3) is 5.91 Å². The number of anilines is 1. The molecule has 0 saturated heterocycles. The van der Waals surface area contributed by atoms with Crippen molar-refractivity contribution in [2.24, 2.45) is 7.05 Å². The highest BCUT2D eigenvalue weighted by Crippen LogP contribution is 2.51. The fourth-order valence-corrected chi connectivity index (χ4v) is 9.14. The van der Waals surface area contributed by atoms with Crippen LogP contribution in [0.4, 0.5) is 9.80 Å². The number of halogens is 1. The van der Waals surface area contributed by atoms with Gasteiger partial charge in [-0.2, -0.15) is 0 Å². The molecule has 172 valence electrons. The Hall–Kier alpha value is -2.74. The first kappa shape index (κ1) is 23.9. The number of nitrogens with zero attached hydrogens (tertiary/aromatic N) is 3. The van der Waals surface area contributed by atoms with Crippen molar-refractivity contribution in [2.75, 3.05) is 5.32 Å². The van der Waals surface area contributed by atoms with Crippen molar-refractivity contribution in [1.82, 2.24) is 14.5 Å². The van der Waals surface area contributed by atoms with Gasteiger partial charge in [0.1, 0.15) is 11.4 Å². The lowest BCUT2D eigenvalue weighted by Gasteiger charge is -2.44. The van der Waals surface area contributed by atoms with E-state index in [9.17, 15) is 4.79 Å². The molecule has 32 heavy (non-hydrogen) atoms. The molecule has 0 aliphatic rings. The summed E-state index contributed by atoms with van der Waals surface area (Å²) in [6.07, 6.45) is 4.05. The van der Waals surface area contributed by atoms with Crippen LogP contribution in [0.15, 0.2) is 42.9 Å². The van der Waals surface area contributed by atoms with Crippen LogP contribution in [0.2, 0.25) is 10.1 Å². The molecule has 3 aromatic heterocycles. The fraction of sp³-hybridized carbons (Fsp3) is 0.458. The molecular formula is C24H33FN4O2Si. The molecule has 1 atom stereocenters. The van der Waals surface area contributed by atoms with E-state index >= 15 is 4.11 Å². The van der Waals surface area contributed by atoms with Crippen molar-refractivity contribution in [2.45, 2.75) is 64.6 Å². The number of carbonyl (C=O) groups excluding carboxylic acids is 1. The molecule has 0 bridgehead atoms. The van der Waals surface area contributed by atoms with E-state index in [1.165, 1.54) is 0 Å². The number of rotatable bonds is 5. The minimum Gasteiger partial charge on any atom is -0.479 e. The molecule has 0 aliphatic carbocycles. The maximum Gasteiger partial charge on any atom is 0.304 e. The third-order valence-electron chi connectivity index (χ3n) is 5.87. The minimum atomic E-state index is -3.45. The van der Waals surface area contributed by atoms with Gasteiger partial charge >= 0.3 is 8.41 Å². The van der Waals surface area contributed by atoms with Crippen LogP contribution in [-0.2, 0) is 11.8 Å². The lowest BCUT2D eigenvalue weighted by Crippen LogP contribution is -2.60. The molecular weight excluding hydrogens is 423 g/mol. The smallest absolute Gasteiger partial charge is 0.304 e. The summed E-state index contributed by atoms with van der Waals surface area (Å²) in [6, 6.07) is 7.22. The molecule has 0 saturated carbocycles. The number of carbonyl (C=O) groups is 1. The highest BCUT2D eigenvalue weighted by molar-refractivity contribution is 6.90. The zero-order chi connectivity index (χ0) is 23.9. The van der Waals surface area contributed by atoms with E-state index in [1.807, 2.05) is 65.3 Å². The molecule has 0 fully saturated rings. The van der Waals surface area contributed by atoms with Crippen LogP contribution in [0.3, 0.4) is 0 Å². The highest BCUT2D eigenvalue weighted by Gasteiger charge is 2.58. The summed E-state index contributed by atoms with van der Waals surface area (Å²) in [6.45, 7) is 13.5. The van der Waals surface area contributed by atoms with Crippen LogP contribution in [0.25, 0.3) is 11.0 Å². The van der Waals surface area contributed by atoms with E-state index in [2.05, 4.69) is 15.3 Å². The Bertz CT molecular complexity index is 1100. The van der Waals surface area contributed by atoms with E-state index < -0.39 is 24.6 Å². The van der Waals surface area contributed by atoms with Gasteiger partial charge in [-0.1, -0.05) is 41.5 Å². The predicted octanol–water partition coefficient (Wildman–Crippen LogP) is 5.10. The number of fused-ring (bicyclic) bond motifs is 1. The van der Waals surface area contributed by atoms with Gasteiger partial charge in [-0.25, -0.2) is 4.98 Å². The molecule has 1 unspecified atom stereocenters. The van der Waals surface area contributed by atoms with Crippen LogP contribution < -0.4 is 15.4 Å². The van der Waals surface area contributed by atoms with Crippen molar-refractivity contribution in [3.05, 3.63) is 42.9 Å². The predicted molar refractivity (Wildman–Crippen MR) is 130 cm³/mol. The molecule has 0 spiro atoms. The number of pyridine rings is 2. The van der Waals surface area contributed by atoms with E-state index in [0.717, 1.165) is 5.39 Å². The van der Waals surface area contributed by atoms with Gasteiger partial charge < -0.3 is 18.7 Å². The van der Waals surface area contributed by atoms with Gasteiger partial charge in [-0.3, -0.25) is 9.78 Å². The second kappa shape index (κ2) is 8.31. The van der Waals surface area contributed by atoms with Gasteiger partial charge in [0.2, 0.25) is 0 Å². The van der Waals surface area contributed by atoms with Crippen LogP contribution in [0, 0.1) is 0 Å². The number of aryl methyl sites for hydroxylation is 1. The standard InChI is InChI=1S/C24H33FN4O2Si/c1-16(22(30)28-18-10-9-11-26-14-18)31-19-12-17-13-20(29(8)21(17)27-15-19)32(25,23(2,3)4)24(5,6)7/h9-16H,1-8H3,(H,28,30). The summed E-state index contributed by atoms with van der Waals surface area (Å²) in [5, 5.41) is 3.28. The highest BCUT2D eigenvalue weighted by atomic mass is 28.4. The van der Waals surface area contributed by atoms with Gasteiger partial charge in [0.05, 0.1) is 18.1 Å². The molecule has 0 aliphatic heterocycles. The molecule has 0 aromatic carbocycles. The monoisotopic (exact) mass is 456 g/mol. The van der Waals surface area contributed by atoms with E-state index in [0.29, 0.717) is 22.4 Å². The molecule has 8 heteroatoms. The maximum atomic E-state index is 16.9. The van der Waals surface area contributed by atoms with E-state index in [-0.39, 0.29) is 5.91 Å². The quantitative estimate of drug-likeness (QED) is 0.429. The first-order chi connectivity index (χ1) is 14.8. The summed E-state index contributed by atoms with van der Waals surface area (Å²) < 4.78 is 24.6. The van der Waals surface area contributed by atoms with Gasteiger partial charge in [-0.15, -0.1) is 0 Å². The second-order valence-electron chi connectivity index (χ2n) is 10.3. The summed E-state index contributed by atoms with van der Waals surface area (Å²) in [7, 11) is -1.59. The third kappa shape index (κ3) is 4.28. The summed E-state index contributed by atoms with van der Waals surface area (Å²) in [4.78, 5) is 21.0. The maximum absolute atomic E-state index is 16.9. The third-order valence-corrected chi connectivity index (χ3v) is 11.2. The molecule has 6 nitrogen and oxygen atoms in total. The molecule has 3 heterocycles.